The van der Waals surface area contributed by atoms with Crippen LogP contribution in [0.1, 0.15) is 52.3 Å². The first-order valence-corrected chi connectivity index (χ1v) is 8.80. The Kier molecular flexibility index (Phi) is 5.44. The second kappa shape index (κ2) is 7.06. The number of carbonyl (C=O) groups excluding carboxylic acids is 1. The molecule has 7 heteroatoms. The van der Waals surface area contributed by atoms with Crippen LogP contribution in [0.4, 0.5) is 16.6 Å². The number of nitrogens with one attached hydrogen (secondary N) is 1. The highest BCUT2D eigenvalue weighted by molar-refractivity contribution is 5.67. The lowest BCUT2D eigenvalue weighted by Crippen LogP contribution is -2.36. The summed E-state index contributed by atoms with van der Waals surface area (Å²) in [5, 5.41) is 3.31. The molecule has 140 valence electrons. The lowest BCUT2D eigenvalue weighted by Gasteiger charge is -2.31. The fourth-order valence-electron chi connectivity index (χ4n) is 2.88. The molecular weight excluding hydrogens is 318 g/mol. The highest BCUT2D eigenvalue weighted by atomic mass is 16.6. The molecule has 7 nitrogen and oxygen atoms in total. The van der Waals surface area contributed by atoms with Crippen molar-refractivity contribution in [3.8, 4) is 0 Å². The van der Waals surface area contributed by atoms with E-state index in [2.05, 4.69) is 29.1 Å². The maximum absolute atomic E-state index is 12.0. The molecule has 0 saturated heterocycles. The number of hydrogen-bond acceptors (Lipinski definition) is 6. The highest BCUT2D eigenvalue weighted by Gasteiger charge is 2.29. The molecule has 1 aromatic heterocycles. The van der Waals surface area contributed by atoms with E-state index in [9.17, 15) is 4.79 Å². The van der Waals surface area contributed by atoms with Gasteiger partial charge in [0.2, 0.25) is 5.95 Å². The largest absolute Gasteiger partial charge is 0.444 e. The summed E-state index contributed by atoms with van der Waals surface area (Å²) in [7, 11) is 1.72. The predicted molar refractivity (Wildman–Crippen MR) is 99.6 cm³/mol. The molecular formula is C18H31N5O2. The van der Waals surface area contributed by atoms with Crippen LogP contribution in [-0.2, 0) is 17.6 Å². The standard InChI is InChI=1S/C18H31N5O2/c1-17(2,3)25-16(24)23(6)10-9-20-14-12-7-8-18(4,5)11-13(12)21-15(19)22-14/h7-11H2,1-6H3,(H3,19,20,21,22). The number of amides is 1. The van der Waals surface area contributed by atoms with Crippen LogP contribution >= 0.6 is 0 Å². The molecule has 0 bridgehead atoms. The van der Waals surface area contributed by atoms with Crippen molar-refractivity contribution in [3.05, 3.63) is 11.3 Å². The number of anilines is 2. The summed E-state index contributed by atoms with van der Waals surface area (Å²) in [5.74, 6) is 1.08. The number of hydrogen-bond donors (Lipinski definition) is 2. The summed E-state index contributed by atoms with van der Waals surface area (Å²) in [6.45, 7) is 11.1. The fourth-order valence-corrected chi connectivity index (χ4v) is 2.88. The number of rotatable bonds is 4. The van der Waals surface area contributed by atoms with E-state index >= 15 is 0 Å². The third kappa shape index (κ3) is 5.47. The summed E-state index contributed by atoms with van der Waals surface area (Å²) in [6.07, 6.45) is 2.61. The van der Waals surface area contributed by atoms with Gasteiger partial charge in [-0.2, -0.15) is 4.98 Å². The van der Waals surface area contributed by atoms with Gasteiger partial charge in [0.15, 0.2) is 0 Å². The Morgan fingerprint density at radius 3 is 2.68 bits per heavy atom. The number of fused-ring (bicyclic) bond motifs is 1. The fraction of sp³-hybridized carbons (Fsp3) is 0.722. The molecule has 25 heavy (non-hydrogen) atoms. The quantitative estimate of drug-likeness (QED) is 0.868. The molecule has 0 spiro atoms. The molecule has 0 aromatic carbocycles. The molecule has 0 atom stereocenters. The maximum atomic E-state index is 12.0. The Morgan fingerprint density at radius 1 is 1.36 bits per heavy atom. The molecule has 1 heterocycles. The van der Waals surface area contributed by atoms with Crippen LogP contribution in [-0.4, -0.2) is 46.7 Å². The minimum atomic E-state index is -0.494. The highest BCUT2D eigenvalue weighted by Crippen LogP contribution is 2.36. The average molecular weight is 349 g/mol. The lowest BCUT2D eigenvalue weighted by atomic mass is 9.76. The molecule has 0 fully saturated rings. The van der Waals surface area contributed by atoms with Crippen molar-refractivity contribution >= 4 is 17.9 Å². The van der Waals surface area contributed by atoms with Gasteiger partial charge in [-0.05, 0) is 45.4 Å². The summed E-state index contributed by atoms with van der Waals surface area (Å²) in [5.41, 5.74) is 7.80. The molecule has 1 aliphatic carbocycles. The minimum absolute atomic E-state index is 0.238. The number of likely N-dealkylation sites (N-methyl/N-ethyl adjacent to an activating group) is 1. The van der Waals surface area contributed by atoms with E-state index in [-0.39, 0.29) is 11.5 Å². The van der Waals surface area contributed by atoms with Crippen LogP contribution in [0, 0.1) is 5.41 Å². The summed E-state index contributed by atoms with van der Waals surface area (Å²) < 4.78 is 5.35. The van der Waals surface area contributed by atoms with E-state index in [1.807, 2.05) is 20.8 Å². The van der Waals surface area contributed by atoms with Gasteiger partial charge in [-0.3, -0.25) is 0 Å². The molecule has 0 saturated carbocycles. The maximum Gasteiger partial charge on any atom is 0.410 e. The Labute approximate surface area is 150 Å². The molecule has 0 radical (unpaired) electrons. The lowest BCUT2D eigenvalue weighted by molar-refractivity contribution is 0.0305. The number of aromatic nitrogens is 2. The zero-order chi connectivity index (χ0) is 18.8. The van der Waals surface area contributed by atoms with Crippen molar-refractivity contribution in [2.75, 3.05) is 31.2 Å². The molecule has 0 unspecified atom stereocenters. The number of nitrogens with zero attached hydrogens (tertiary/aromatic N) is 3. The number of ether oxygens (including phenoxy) is 1. The van der Waals surface area contributed by atoms with Crippen LogP contribution < -0.4 is 11.1 Å². The van der Waals surface area contributed by atoms with Gasteiger partial charge >= 0.3 is 6.09 Å². The first-order valence-electron chi connectivity index (χ1n) is 8.80. The molecule has 1 aromatic rings. The first kappa shape index (κ1) is 19.3. The summed E-state index contributed by atoms with van der Waals surface area (Å²) >= 11 is 0. The van der Waals surface area contributed by atoms with Gasteiger partial charge in [-0.15, -0.1) is 0 Å². The molecule has 1 amide bonds. The van der Waals surface area contributed by atoms with Crippen LogP contribution in [0.3, 0.4) is 0 Å². The van der Waals surface area contributed by atoms with Gasteiger partial charge in [0.25, 0.3) is 0 Å². The normalized spacial score (nSPS) is 16.1. The van der Waals surface area contributed by atoms with E-state index in [1.54, 1.807) is 11.9 Å². The van der Waals surface area contributed by atoms with Crippen molar-refractivity contribution in [3.63, 3.8) is 0 Å². The predicted octanol–water partition coefficient (Wildman–Crippen LogP) is 2.85. The van der Waals surface area contributed by atoms with Gasteiger partial charge < -0.3 is 20.7 Å². The molecule has 3 N–H and O–H groups in total. The minimum Gasteiger partial charge on any atom is -0.444 e. The zero-order valence-corrected chi connectivity index (χ0v) is 16.3. The van der Waals surface area contributed by atoms with E-state index in [4.69, 9.17) is 10.5 Å². The van der Waals surface area contributed by atoms with Crippen molar-refractivity contribution in [2.24, 2.45) is 5.41 Å². The van der Waals surface area contributed by atoms with Crippen molar-refractivity contribution in [1.82, 2.24) is 14.9 Å². The van der Waals surface area contributed by atoms with E-state index in [0.717, 1.165) is 36.3 Å². The Hall–Kier alpha value is -2.05. The van der Waals surface area contributed by atoms with Crippen molar-refractivity contribution in [2.45, 2.75) is 59.5 Å². The number of carbonyl (C=O) groups is 1. The average Bonchev–Trinajstić information content (AvgIpc) is 2.43. The van der Waals surface area contributed by atoms with E-state index < -0.39 is 5.60 Å². The van der Waals surface area contributed by atoms with Gasteiger partial charge in [0.05, 0.1) is 5.69 Å². The first-order chi connectivity index (χ1) is 11.5. The zero-order valence-electron chi connectivity index (χ0n) is 16.3. The van der Waals surface area contributed by atoms with E-state index in [0.29, 0.717) is 19.0 Å². The van der Waals surface area contributed by atoms with Gasteiger partial charge in [0, 0.05) is 25.7 Å². The molecule has 1 aliphatic rings. The van der Waals surface area contributed by atoms with Crippen LogP contribution in [0.25, 0.3) is 0 Å². The second-order valence-electron chi connectivity index (χ2n) is 8.53. The van der Waals surface area contributed by atoms with E-state index in [1.165, 1.54) is 0 Å². The number of nitrogen functional groups attached to an aromatic ring is 1. The van der Waals surface area contributed by atoms with Gasteiger partial charge in [0.1, 0.15) is 11.4 Å². The van der Waals surface area contributed by atoms with Crippen LogP contribution in [0.5, 0.6) is 0 Å². The topological polar surface area (TPSA) is 93.4 Å². The smallest absolute Gasteiger partial charge is 0.410 e. The monoisotopic (exact) mass is 349 g/mol. The van der Waals surface area contributed by atoms with Crippen LogP contribution in [0.2, 0.25) is 0 Å². The number of nitrogens with two attached hydrogens (primary N) is 1. The molecule has 0 aliphatic heterocycles. The third-order valence-electron chi connectivity index (χ3n) is 4.25. The summed E-state index contributed by atoms with van der Waals surface area (Å²) in [6, 6.07) is 0. The Morgan fingerprint density at radius 2 is 2.04 bits per heavy atom. The van der Waals surface area contributed by atoms with Crippen LogP contribution in [0.15, 0.2) is 0 Å². The Balaban J connectivity index is 1.98. The second-order valence-corrected chi connectivity index (χ2v) is 8.53. The van der Waals surface area contributed by atoms with Crippen molar-refractivity contribution < 1.29 is 9.53 Å². The van der Waals surface area contributed by atoms with Gasteiger partial charge in [-0.1, -0.05) is 13.8 Å². The summed E-state index contributed by atoms with van der Waals surface area (Å²) in [4.78, 5) is 22.3. The Bertz CT molecular complexity index is 637. The van der Waals surface area contributed by atoms with Crippen molar-refractivity contribution in [1.29, 1.82) is 0 Å². The molecule has 2 rings (SSSR count). The van der Waals surface area contributed by atoms with Gasteiger partial charge in [-0.25, -0.2) is 9.78 Å². The SMILES string of the molecule is CN(CCNc1nc(N)nc2c1CCC(C)(C)C2)C(=O)OC(C)(C)C. The third-order valence-corrected chi connectivity index (χ3v) is 4.25.